The highest BCUT2D eigenvalue weighted by molar-refractivity contribution is 5.70. The second kappa shape index (κ2) is 14.8. The zero-order chi connectivity index (χ0) is 31.1. The van der Waals surface area contributed by atoms with Crippen LogP contribution < -0.4 is 0 Å². The number of carbonyl (C=O) groups is 3. The molecule has 1 spiro atoms. The van der Waals surface area contributed by atoms with Crippen LogP contribution in [0.3, 0.4) is 0 Å². The lowest BCUT2D eigenvalue weighted by Gasteiger charge is -2.60. The van der Waals surface area contributed by atoms with Crippen molar-refractivity contribution in [3.8, 4) is 0 Å². The standard InChI is InChI=1S/C34H52O8/c1-8-10-11-12-13-14-15-16-30(38)41-29-19-23(4)33(7,18-17-22(3)9-2)28-21-26(37)20-27-31(39-24(5)35)42-32(34(27,28)29)40-25(6)36/h9,20,23,26,28-29,31-32,37H,2-3,8,10-19,21H2,1,4-7H3/t23-,26-,28+,29-,31-,32-,33-,34-/m0/s1. The maximum Gasteiger partial charge on any atom is 0.306 e. The lowest BCUT2D eigenvalue weighted by atomic mass is 9.45. The van der Waals surface area contributed by atoms with Crippen LogP contribution in [0, 0.1) is 22.7 Å². The van der Waals surface area contributed by atoms with Crippen molar-refractivity contribution in [2.24, 2.45) is 22.7 Å². The summed E-state index contributed by atoms with van der Waals surface area (Å²) in [4.78, 5) is 37.9. The molecule has 2 fully saturated rings. The van der Waals surface area contributed by atoms with E-state index in [9.17, 15) is 19.5 Å². The molecule has 2 aliphatic carbocycles. The van der Waals surface area contributed by atoms with Crippen LogP contribution in [0.15, 0.2) is 36.5 Å². The van der Waals surface area contributed by atoms with Crippen LogP contribution >= 0.6 is 0 Å². The zero-order valence-electron chi connectivity index (χ0n) is 26.3. The molecule has 0 amide bonds. The van der Waals surface area contributed by atoms with Gasteiger partial charge in [0.2, 0.25) is 12.6 Å². The molecule has 0 radical (unpaired) electrons. The van der Waals surface area contributed by atoms with Gasteiger partial charge in [-0.2, -0.15) is 0 Å². The molecule has 1 heterocycles. The minimum absolute atomic E-state index is 0.0828. The Balaban J connectivity index is 2.00. The summed E-state index contributed by atoms with van der Waals surface area (Å²) >= 11 is 0. The van der Waals surface area contributed by atoms with Gasteiger partial charge in [-0.05, 0) is 55.4 Å². The van der Waals surface area contributed by atoms with E-state index in [1.165, 1.54) is 39.5 Å². The molecule has 1 N–H and O–H groups in total. The normalized spacial score (nSPS) is 33.5. The van der Waals surface area contributed by atoms with E-state index in [-0.39, 0.29) is 23.2 Å². The minimum atomic E-state index is -1.17. The minimum Gasteiger partial charge on any atom is -0.461 e. The quantitative estimate of drug-likeness (QED) is 0.0739. The molecule has 42 heavy (non-hydrogen) atoms. The predicted molar refractivity (Wildman–Crippen MR) is 160 cm³/mol. The van der Waals surface area contributed by atoms with E-state index in [1.54, 1.807) is 12.2 Å². The Bertz CT molecular complexity index is 1030. The van der Waals surface area contributed by atoms with E-state index in [4.69, 9.17) is 18.9 Å². The molecule has 8 nitrogen and oxygen atoms in total. The molecule has 8 atom stereocenters. The third-order valence-electron chi connectivity index (χ3n) is 9.92. The summed E-state index contributed by atoms with van der Waals surface area (Å²) in [6.45, 7) is 17.1. The number of hydrogen-bond acceptors (Lipinski definition) is 8. The summed E-state index contributed by atoms with van der Waals surface area (Å²) in [5.74, 6) is -1.67. The SMILES string of the molecule is C=CC(=C)CC[C@]1(C)[C@H]2C[C@@H](O)C=C3[C@@H](OC(C)=O)O[C@H](OC(C)=O)[C@@]32[C@@H](OC(=O)CCCCCCCCC)C[C@@H]1C. The number of esters is 3. The van der Waals surface area contributed by atoms with Crippen LogP contribution in [0.4, 0.5) is 0 Å². The van der Waals surface area contributed by atoms with Gasteiger partial charge >= 0.3 is 17.9 Å². The van der Waals surface area contributed by atoms with E-state index in [0.717, 1.165) is 31.3 Å². The molecule has 0 bridgehead atoms. The number of aliphatic hydroxyl groups is 1. The Morgan fingerprint density at radius 1 is 1.02 bits per heavy atom. The zero-order valence-corrected chi connectivity index (χ0v) is 26.3. The summed E-state index contributed by atoms with van der Waals surface area (Å²) in [5.41, 5.74) is -0.106. The molecule has 1 aliphatic heterocycles. The van der Waals surface area contributed by atoms with Crippen LogP contribution in [0.1, 0.15) is 112 Å². The molecule has 0 aromatic heterocycles. The maximum atomic E-state index is 13.3. The first-order valence-corrected chi connectivity index (χ1v) is 15.8. The van der Waals surface area contributed by atoms with Crippen molar-refractivity contribution in [1.82, 2.24) is 0 Å². The molecule has 3 rings (SSSR count). The monoisotopic (exact) mass is 588 g/mol. The predicted octanol–water partition coefficient (Wildman–Crippen LogP) is 6.71. The van der Waals surface area contributed by atoms with Gasteiger partial charge in [0, 0.05) is 25.8 Å². The number of rotatable bonds is 15. The molecular formula is C34H52O8. The van der Waals surface area contributed by atoms with E-state index >= 15 is 0 Å². The van der Waals surface area contributed by atoms with Gasteiger partial charge in [-0.25, -0.2) is 0 Å². The molecule has 0 aromatic rings. The number of aliphatic hydroxyl groups excluding tert-OH is 1. The Labute approximate surface area is 251 Å². The number of hydrogen-bond donors (Lipinski definition) is 1. The lowest BCUT2D eigenvalue weighted by molar-refractivity contribution is -0.257. The largest absolute Gasteiger partial charge is 0.461 e. The van der Waals surface area contributed by atoms with Crippen molar-refractivity contribution in [3.05, 3.63) is 36.5 Å². The maximum absolute atomic E-state index is 13.3. The second-order valence-corrected chi connectivity index (χ2v) is 12.8. The number of carbonyl (C=O) groups excluding carboxylic acids is 3. The lowest BCUT2D eigenvalue weighted by Crippen LogP contribution is -2.63. The smallest absolute Gasteiger partial charge is 0.306 e. The molecule has 1 saturated carbocycles. The Kier molecular flexibility index (Phi) is 12.0. The van der Waals surface area contributed by atoms with Crippen molar-refractivity contribution in [3.63, 3.8) is 0 Å². The van der Waals surface area contributed by atoms with Crippen molar-refractivity contribution in [2.45, 2.75) is 136 Å². The summed E-state index contributed by atoms with van der Waals surface area (Å²) < 4.78 is 23.9. The topological polar surface area (TPSA) is 108 Å². The molecule has 1 saturated heterocycles. The van der Waals surface area contributed by atoms with E-state index in [1.807, 2.05) is 0 Å². The van der Waals surface area contributed by atoms with Crippen molar-refractivity contribution < 1.29 is 38.4 Å². The van der Waals surface area contributed by atoms with Crippen molar-refractivity contribution in [1.29, 1.82) is 0 Å². The number of allylic oxidation sites excluding steroid dienone is 2. The van der Waals surface area contributed by atoms with Crippen LogP contribution in [-0.4, -0.2) is 47.8 Å². The fourth-order valence-electron chi connectivity index (χ4n) is 7.50. The van der Waals surface area contributed by atoms with Gasteiger partial charge in [0.25, 0.3) is 0 Å². The summed E-state index contributed by atoms with van der Waals surface area (Å²) in [7, 11) is 0. The van der Waals surface area contributed by atoms with Crippen molar-refractivity contribution in [2.75, 3.05) is 0 Å². The highest BCUT2D eigenvalue weighted by Gasteiger charge is 2.72. The molecule has 0 unspecified atom stereocenters. The van der Waals surface area contributed by atoms with Gasteiger partial charge in [0.1, 0.15) is 11.5 Å². The first-order valence-electron chi connectivity index (χ1n) is 15.8. The van der Waals surface area contributed by atoms with Gasteiger partial charge < -0.3 is 19.3 Å². The van der Waals surface area contributed by atoms with Gasteiger partial charge in [-0.1, -0.05) is 84.1 Å². The first-order chi connectivity index (χ1) is 19.9. The van der Waals surface area contributed by atoms with Gasteiger partial charge in [0.15, 0.2) is 0 Å². The van der Waals surface area contributed by atoms with Gasteiger partial charge in [-0.15, -0.1) is 0 Å². The second-order valence-electron chi connectivity index (χ2n) is 12.8. The van der Waals surface area contributed by atoms with Crippen molar-refractivity contribution >= 4 is 17.9 Å². The Morgan fingerprint density at radius 2 is 1.67 bits per heavy atom. The first kappa shape index (κ1) is 34.0. The number of ether oxygens (including phenoxy) is 4. The average molecular weight is 589 g/mol. The highest BCUT2D eigenvalue weighted by Crippen LogP contribution is 2.67. The van der Waals surface area contributed by atoms with Gasteiger partial charge in [-0.3, -0.25) is 19.1 Å². The van der Waals surface area contributed by atoms with E-state index in [0.29, 0.717) is 31.3 Å². The molecule has 0 aromatic carbocycles. The molecular weight excluding hydrogens is 536 g/mol. The third kappa shape index (κ3) is 7.36. The molecule has 8 heteroatoms. The van der Waals surface area contributed by atoms with Crippen LogP contribution in [-0.2, 0) is 33.3 Å². The highest BCUT2D eigenvalue weighted by atomic mass is 16.8. The molecule has 3 aliphatic rings. The van der Waals surface area contributed by atoms with Crippen LogP contribution in [0.5, 0.6) is 0 Å². The van der Waals surface area contributed by atoms with Crippen LogP contribution in [0.25, 0.3) is 0 Å². The van der Waals surface area contributed by atoms with E-state index < -0.39 is 42.1 Å². The molecule has 236 valence electrons. The summed E-state index contributed by atoms with van der Waals surface area (Å²) in [6.07, 6.45) is 9.69. The Morgan fingerprint density at radius 3 is 2.29 bits per heavy atom. The summed E-state index contributed by atoms with van der Waals surface area (Å²) in [6, 6.07) is 0. The van der Waals surface area contributed by atoms with Gasteiger partial charge in [0.05, 0.1) is 6.10 Å². The Hall–Kier alpha value is -2.45. The fraction of sp³-hybridized carbons (Fsp3) is 0.735. The van der Waals surface area contributed by atoms with E-state index in [2.05, 4.69) is 33.9 Å². The third-order valence-corrected chi connectivity index (χ3v) is 9.92. The average Bonchev–Trinajstić information content (AvgIpc) is 3.21. The number of unbranched alkanes of at least 4 members (excludes halogenated alkanes) is 6. The summed E-state index contributed by atoms with van der Waals surface area (Å²) in [5, 5.41) is 11.1. The van der Waals surface area contributed by atoms with Crippen LogP contribution in [0.2, 0.25) is 0 Å². The fourth-order valence-corrected chi connectivity index (χ4v) is 7.50.